The Morgan fingerprint density at radius 3 is 2.84 bits per heavy atom. The zero-order valence-electron chi connectivity index (χ0n) is 9.29. The van der Waals surface area contributed by atoms with Crippen LogP contribution < -0.4 is 5.56 Å². The molecule has 1 aromatic carbocycles. The highest BCUT2D eigenvalue weighted by atomic mass is 35.5. The Morgan fingerprint density at radius 1 is 1.26 bits per heavy atom. The summed E-state index contributed by atoms with van der Waals surface area (Å²) in [5.41, 5.74) is -0.382. The lowest BCUT2D eigenvalue weighted by molar-refractivity contribution is 0.616. The van der Waals surface area contributed by atoms with Gasteiger partial charge in [-0.1, -0.05) is 17.7 Å². The van der Waals surface area contributed by atoms with Crippen LogP contribution >= 0.6 is 24.2 Å². The molecule has 2 heterocycles. The molecule has 5 nitrogen and oxygen atoms in total. The van der Waals surface area contributed by atoms with E-state index in [9.17, 15) is 9.18 Å². The number of aromatic nitrogens is 4. The number of hydrogen-bond donors (Lipinski definition) is 1. The Kier molecular flexibility index (Phi) is 2.79. The molecule has 0 fully saturated rings. The van der Waals surface area contributed by atoms with Crippen molar-refractivity contribution in [2.75, 3.05) is 0 Å². The van der Waals surface area contributed by atoms with E-state index in [-0.39, 0.29) is 21.5 Å². The molecule has 0 bridgehead atoms. The Balaban J connectivity index is 2.35. The Hall–Kier alpha value is -1.86. The molecule has 0 unspecified atom stereocenters. The van der Waals surface area contributed by atoms with Crippen LogP contribution in [0.2, 0.25) is 5.02 Å². The quantitative estimate of drug-likeness (QED) is 0.699. The van der Waals surface area contributed by atoms with Gasteiger partial charge in [-0.05, 0) is 12.1 Å². The molecule has 3 aromatic rings. The van der Waals surface area contributed by atoms with Crippen molar-refractivity contribution in [3.8, 4) is 5.69 Å². The van der Waals surface area contributed by atoms with Gasteiger partial charge in [-0.15, -0.1) is 22.8 Å². The van der Waals surface area contributed by atoms with Gasteiger partial charge in [0.05, 0.1) is 10.7 Å². The number of halogens is 2. The summed E-state index contributed by atoms with van der Waals surface area (Å²) in [5, 5.41) is 7.61. The van der Waals surface area contributed by atoms with E-state index in [1.54, 1.807) is 6.07 Å². The predicted molar refractivity (Wildman–Crippen MR) is 70.8 cm³/mol. The first kappa shape index (κ1) is 12.2. The molecule has 0 aliphatic rings. The van der Waals surface area contributed by atoms with E-state index in [0.29, 0.717) is 0 Å². The summed E-state index contributed by atoms with van der Waals surface area (Å²) >= 11 is 9.76. The summed E-state index contributed by atoms with van der Waals surface area (Å²) < 4.78 is 16.5. The Bertz CT molecular complexity index is 844. The summed E-state index contributed by atoms with van der Waals surface area (Å²) in [5.74, 6) is -0.666. The Morgan fingerprint density at radius 2 is 2.05 bits per heavy atom. The average molecular weight is 297 g/mol. The molecular weight excluding hydrogens is 291 g/mol. The van der Waals surface area contributed by atoms with Crippen LogP contribution in [0.5, 0.6) is 0 Å². The lowest BCUT2D eigenvalue weighted by Crippen LogP contribution is -2.21. The second-order valence-electron chi connectivity index (χ2n) is 3.74. The first-order chi connectivity index (χ1) is 9.09. The van der Waals surface area contributed by atoms with E-state index in [4.69, 9.17) is 11.6 Å². The number of nitrogens with zero attached hydrogens (tertiary/aromatic N) is 4. The van der Waals surface area contributed by atoms with E-state index in [2.05, 4.69) is 22.8 Å². The summed E-state index contributed by atoms with van der Waals surface area (Å²) in [6.45, 7) is 0. The molecule has 0 saturated carbocycles. The smallest absolute Gasteiger partial charge is 0.277 e. The summed E-state index contributed by atoms with van der Waals surface area (Å²) in [6.07, 6.45) is 2.94. The van der Waals surface area contributed by atoms with Gasteiger partial charge in [-0.3, -0.25) is 13.8 Å². The van der Waals surface area contributed by atoms with E-state index < -0.39 is 11.4 Å². The van der Waals surface area contributed by atoms with Gasteiger partial charge in [0.2, 0.25) is 5.65 Å². The van der Waals surface area contributed by atoms with Crippen molar-refractivity contribution < 1.29 is 4.39 Å². The van der Waals surface area contributed by atoms with Crippen molar-refractivity contribution in [1.29, 1.82) is 0 Å². The maximum atomic E-state index is 13.9. The van der Waals surface area contributed by atoms with Gasteiger partial charge in [0.1, 0.15) is 0 Å². The number of thiol groups is 1. The molecule has 19 heavy (non-hydrogen) atoms. The number of benzene rings is 1. The number of hydrogen-bond acceptors (Lipinski definition) is 4. The molecule has 8 heteroatoms. The zero-order valence-corrected chi connectivity index (χ0v) is 10.9. The molecule has 0 amide bonds. The zero-order chi connectivity index (χ0) is 13.6. The van der Waals surface area contributed by atoms with Crippen LogP contribution in [0, 0.1) is 5.82 Å². The van der Waals surface area contributed by atoms with Crippen molar-refractivity contribution in [1.82, 2.24) is 19.2 Å². The maximum absolute atomic E-state index is 13.9. The average Bonchev–Trinajstić information content (AvgIpc) is 2.77. The summed E-state index contributed by atoms with van der Waals surface area (Å²) in [7, 11) is 0. The van der Waals surface area contributed by atoms with Gasteiger partial charge in [0, 0.05) is 12.4 Å². The minimum absolute atomic E-state index is 0.0550. The molecule has 0 aliphatic carbocycles. The molecule has 96 valence electrons. The Labute approximate surface area is 116 Å². The lowest BCUT2D eigenvalue weighted by Gasteiger charge is -2.07. The van der Waals surface area contributed by atoms with Crippen molar-refractivity contribution in [3.05, 3.63) is 51.8 Å². The van der Waals surface area contributed by atoms with Crippen LogP contribution in [0.3, 0.4) is 0 Å². The first-order valence-corrected chi connectivity index (χ1v) is 6.02. The molecule has 0 atom stereocenters. The van der Waals surface area contributed by atoms with E-state index in [0.717, 1.165) is 4.57 Å². The standard InChI is InChI=1S/C11H6ClFN4OS/c12-6-2-1-3-7(8(6)13)16-4-5-17-9(10(16)18)14-15-11(17)19/h1-5H,(H,15,19). The van der Waals surface area contributed by atoms with Crippen molar-refractivity contribution in [2.24, 2.45) is 0 Å². The van der Waals surface area contributed by atoms with Crippen molar-refractivity contribution in [2.45, 2.75) is 5.16 Å². The third kappa shape index (κ3) is 1.82. The van der Waals surface area contributed by atoms with Gasteiger partial charge < -0.3 is 0 Å². The second kappa shape index (κ2) is 4.36. The highest BCUT2D eigenvalue weighted by Gasteiger charge is 2.13. The van der Waals surface area contributed by atoms with Gasteiger partial charge in [0.25, 0.3) is 0 Å². The van der Waals surface area contributed by atoms with Crippen molar-refractivity contribution >= 4 is 29.9 Å². The molecular formula is C11H6ClFN4OS. The summed E-state index contributed by atoms with van der Waals surface area (Å²) in [6, 6.07) is 4.43. The molecule has 2 aromatic heterocycles. The van der Waals surface area contributed by atoms with Crippen LogP contribution in [0.1, 0.15) is 0 Å². The van der Waals surface area contributed by atoms with Crippen molar-refractivity contribution in [3.63, 3.8) is 0 Å². The minimum atomic E-state index is -0.666. The van der Waals surface area contributed by atoms with Gasteiger partial charge >= 0.3 is 5.56 Å². The molecule has 3 rings (SSSR count). The molecule has 0 spiro atoms. The number of fused-ring (bicyclic) bond motifs is 1. The number of rotatable bonds is 1. The monoisotopic (exact) mass is 296 g/mol. The van der Waals surface area contributed by atoms with Crippen LogP contribution in [0.4, 0.5) is 4.39 Å². The van der Waals surface area contributed by atoms with Crippen LogP contribution in [-0.4, -0.2) is 19.2 Å². The van der Waals surface area contributed by atoms with E-state index >= 15 is 0 Å². The molecule has 0 aliphatic heterocycles. The van der Waals surface area contributed by atoms with Crippen LogP contribution in [-0.2, 0) is 0 Å². The summed E-state index contributed by atoms with van der Waals surface area (Å²) in [4.78, 5) is 12.2. The second-order valence-corrected chi connectivity index (χ2v) is 4.55. The van der Waals surface area contributed by atoms with Gasteiger partial charge in [-0.25, -0.2) is 4.39 Å². The third-order valence-corrected chi connectivity index (χ3v) is 3.24. The van der Waals surface area contributed by atoms with E-state index in [1.165, 1.54) is 28.9 Å². The first-order valence-electron chi connectivity index (χ1n) is 5.19. The lowest BCUT2D eigenvalue weighted by atomic mass is 10.3. The third-order valence-electron chi connectivity index (χ3n) is 2.64. The van der Waals surface area contributed by atoms with Crippen LogP contribution in [0.15, 0.2) is 40.5 Å². The highest BCUT2D eigenvalue weighted by Crippen LogP contribution is 2.20. The molecule has 0 N–H and O–H groups in total. The maximum Gasteiger partial charge on any atom is 0.300 e. The topological polar surface area (TPSA) is 52.2 Å². The fourth-order valence-electron chi connectivity index (χ4n) is 1.74. The van der Waals surface area contributed by atoms with Gasteiger partial charge in [-0.2, -0.15) is 0 Å². The normalized spacial score (nSPS) is 11.1. The molecule has 0 radical (unpaired) electrons. The fraction of sp³-hybridized carbons (Fsp3) is 0. The minimum Gasteiger partial charge on any atom is -0.277 e. The molecule has 0 saturated heterocycles. The predicted octanol–water partition coefficient (Wildman–Crippen LogP) is 1.96. The fourth-order valence-corrected chi connectivity index (χ4v) is 2.12. The van der Waals surface area contributed by atoms with Gasteiger partial charge in [0.15, 0.2) is 11.0 Å². The van der Waals surface area contributed by atoms with E-state index in [1.807, 2.05) is 0 Å². The highest BCUT2D eigenvalue weighted by molar-refractivity contribution is 7.80. The largest absolute Gasteiger partial charge is 0.300 e. The van der Waals surface area contributed by atoms with Crippen LogP contribution in [0.25, 0.3) is 11.3 Å². The SMILES string of the molecule is O=c1c2nnc(S)n2ccn1-c1cccc(Cl)c1F.